The van der Waals surface area contributed by atoms with Gasteiger partial charge in [0, 0.05) is 26.7 Å². The van der Waals surface area contributed by atoms with Crippen LogP contribution in [0.1, 0.15) is 32.6 Å². The first-order valence-electron chi connectivity index (χ1n) is 7.78. The van der Waals surface area contributed by atoms with Gasteiger partial charge < -0.3 is 19.6 Å². The first-order chi connectivity index (χ1) is 10.5. The summed E-state index contributed by atoms with van der Waals surface area (Å²) in [5, 5.41) is 9.03. The third kappa shape index (κ3) is 6.01. The van der Waals surface area contributed by atoms with E-state index in [1.807, 2.05) is 6.92 Å². The van der Waals surface area contributed by atoms with Crippen molar-refractivity contribution in [1.29, 1.82) is 0 Å². The van der Waals surface area contributed by atoms with Crippen molar-refractivity contribution < 1.29 is 24.2 Å². The fourth-order valence-electron chi connectivity index (χ4n) is 2.31. The van der Waals surface area contributed by atoms with Gasteiger partial charge in [-0.1, -0.05) is 13.3 Å². The monoisotopic (exact) mass is 314 g/mol. The molecule has 1 atom stereocenters. The lowest BCUT2D eigenvalue weighted by Crippen LogP contribution is -2.47. The number of unbranched alkanes of at least 4 members (excludes halogenated alkanes) is 1. The van der Waals surface area contributed by atoms with Gasteiger partial charge in [-0.05, 0) is 19.3 Å². The second-order valence-electron chi connectivity index (χ2n) is 5.67. The lowest BCUT2D eigenvalue weighted by molar-refractivity contribution is -0.148. The van der Waals surface area contributed by atoms with Crippen LogP contribution in [0.2, 0.25) is 0 Å². The quantitative estimate of drug-likeness (QED) is 0.662. The molecule has 126 valence electrons. The van der Waals surface area contributed by atoms with E-state index in [0.717, 1.165) is 12.8 Å². The molecule has 1 rings (SSSR count). The average Bonchev–Trinajstić information content (AvgIpc) is 2.51. The molecule has 1 N–H and O–H groups in total. The van der Waals surface area contributed by atoms with E-state index in [1.165, 1.54) is 9.80 Å². The Morgan fingerprint density at radius 1 is 1.36 bits per heavy atom. The van der Waals surface area contributed by atoms with Gasteiger partial charge >= 0.3 is 5.97 Å². The van der Waals surface area contributed by atoms with Crippen molar-refractivity contribution in [2.75, 3.05) is 39.9 Å². The van der Waals surface area contributed by atoms with Gasteiger partial charge in [-0.25, -0.2) is 0 Å². The lowest BCUT2D eigenvalue weighted by atomic mass is 9.98. The molecule has 7 heteroatoms. The fraction of sp³-hybridized carbons (Fsp3) is 0.800. The summed E-state index contributed by atoms with van der Waals surface area (Å²) in [4.78, 5) is 37.9. The zero-order valence-electron chi connectivity index (χ0n) is 13.4. The van der Waals surface area contributed by atoms with E-state index in [2.05, 4.69) is 0 Å². The Hall–Kier alpha value is -1.63. The van der Waals surface area contributed by atoms with Crippen LogP contribution in [0.15, 0.2) is 0 Å². The number of carboxylic acid groups (broad SMARTS) is 1. The number of likely N-dealkylation sites (tertiary alicyclic amines) is 1. The highest BCUT2D eigenvalue weighted by atomic mass is 16.5. The van der Waals surface area contributed by atoms with E-state index in [1.54, 1.807) is 7.05 Å². The van der Waals surface area contributed by atoms with Crippen LogP contribution in [0.5, 0.6) is 0 Å². The van der Waals surface area contributed by atoms with Crippen molar-refractivity contribution in [3.05, 3.63) is 0 Å². The van der Waals surface area contributed by atoms with Crippen LogP contribution >= 0.6 is 0 Å². The Bertz CT molecular complexity index is 399. The smallest absolute Gasteiger partial charge is 0.308 e. The van der Waals surface area contributed by atoms with Crippen molar-refractivity contribution in [3.63, 3.8) is 0 Å². The van der Waals surface area contributed by atoms with Crippen LogP contribution < -0.4 is 0 Å². The second kappa shape index (κ2) is 9.40. The summed E-state index contributed by atoms with van der Waals surface area (Å²) in [6.45, 7) is 3.29. The molecule has 1 aliphatic rings. The third-order valence-electron chi connectivity index (χ3n) is 3.79. The van der Waals surface area contributed by atoms with Crippen molar-refractivity contribution in [2.24, 2.45) is 5.92 Å². The van der Waals surface area contributed by atoms with E-state index < -0.39 is 11.9 Å². The highest BCUT2D eigenvalue weighted by Crippen LogP contribution is 2.16. The molecule has 0 aliphatic carbocycles. The molecule has 1 heterocycles. The minimum atomic E-state index is -0.869. The molecule has 0 spiro atoms. The predicted molar refractivity (Wildman–Crippen MR) is 80.3 cm³/mol. The van der Waals surface area contributed by atoms with E-state index in [-0.39, 0.29) is 31.5 Å². The fourth-order valence-corrected chi connectivity index (χ4v) is 2.31. The number of aliphatic carboxylic acids is 1. The molecule has 0 aromatic carbocycles. The summed E-state index contributed by atoms with van der Waals surface area (Å²) < 4.78 is 5.24. The highest BCUT2D eigenvalue weighted by Gasteiger charge is 2.28. The van der Waals surface area contributed by atoms with E-state index in [0.29, 0.717) is 26.0 Å². The highest BCUT2D eigenvalue weighted by molar-refractivity contribution is 5.85. The van der Waals surface area contributed by atoms with Gasteiger partial charge in [-0.2, -0.15) is 0 Å². The molecule has 1 fully saturated rings. The van der Waals surface area contributed by atoms with Gasteiger partial charge in [0.05, 0.1) is 12.5 Å². The molecule has 1 aliphatic heterocycles. The maximum Gasteiger partial charge on any atom is 0.308 e. The first-order valence-corrected chi connectivity index (χ1v) is 7.78. The van der Waals surface area contributed by atoms with Gasteiger partial charge in [-0.3, -0.25) is 14.4 Å². The summed E-state index contributed by atoms with van der Waals surface area (Å²) in [5.41, 5.74) is 0. The largest absolute Gasteiger partial charge is 0.481 e. The van der Waals surface area contributed by atoms with Crippen LogP contribution in [0.25, 0.3) is 0 Å². The SMILES string of the molecule is CCCCOCC(=O)N(C)CC(=O)N1CCCC(C(=O)O)C1. The van der Waals surface area contributed by atoms with E-state index >= 15 is 0 Å². The van der Waals surface area contributed by atoms with Gasteiger partial charge in [-0.15, -0.1) is 0 Å². The van der Waals surface area contributed by atoms with Gasteiger partial charge in [0.15, 0.2) is 0 Å². The molecule has 7 nitrogen and oxygen atoms in total. The number of hydrogen-bond acceptors (Lipinski definition) is 4. The van der Waals surface area contributed by atoms with Gasteiger partial charge in [0.1, 0.15) is 6.61 Å². The molecular formula is C15H26N2O5. The first kappa shape index (κ1) is 18.4. The second-order valence-corrected chi connectivity index (χ2v) is 5.67. The maximum atomic E-state index is 12.2. The lowest BCUT2D eigenvalue weighted by Gasteiger charge is -2.32. The van der Waals surface area contributed by atoms with Crippen molar-refractivity contribution >= 4 is 17.8 Å². The number of carboxylic acids is 1. The molecule has 1 unspecified atom stereocenters. The average molecular weight is 314 g/mol. The number of likely N-dealkylation sites (N-methyl/N-ethyl adjacent to an activating group) is 1. The number of carbonyl (C=O) groups excluding carboxylic acids is 2. The number of hydrogen-bond donors (Lipinski definition) is 1. The molecule has 0 aromatic heterocycles. The van der Waals surface area contributed by atoms with Crippen molar-refractivity contribution in [3.8, 4) is 0 Å². The Kier molecular flexibility index (Phi) is 7.87. The minimum Gasteiger partial charge on any atom is -0.481 e. The molecule has 22 heavy (non-hydrogen) atoms. The van der Waals surface area contributed by atoms with Crippen LogP contribution in [0, 0.1) is 5.92 Å². The van der Waals surface area contributed by atoms with Gasteiger partial charge in [0.25, 0.3) is 0 Å². The maximum absolute atomic E-state index is 12.2. The van der Waals surface area contributed by atoms with Crippen LogP contribution in [0.3, 0.4) is 0 Å². The van der Waals surface area contributed by atoms with Crippen molar-refractivity contribution in [1.82, 2.24) is 9.80 Å². The number of piperidine rings is 1. The van der Waals surface area contributed by atoms with Crippen molar-refractivity contribution in [2.45, 2.75) is 32.6 Å². The van der Waals surface area contributed by atoms with Crippen LogP contribution in [0.4, 0.5) is 0 Å². The Labute approximate surface area is 131 Å². The molecule has 0 saturated carbocycles. The molecule has 0 bridgehead atoms. The summed E-state index contributed by atoms with van der Waals surface area (Å²) in [6.07, 6.45) is 3.18. The number of rotatable bonds is 8. The standard InChI is InChI=1S/C15H26N2O5/c1-3-4-8-22-11-14(19)16(2)10-13(18)17-7-5-6-12(9-17)15(20)21/h12H,3-11H2,1-2H3,(H,20,21). The van der Waals surface area contributed by atoms with E-state index in [4.69, 9.17) is 9.84 Å². The number of ether oxygens (including phenoxy) is 1. The molecule has 0 aromatic rings. The predicted octanol–water partition coefficient (Wildman–Crippen LogP) is 0.585. The molecule has 1 saturated heterocycles. The topological polar surface area (TPSA) is 87.2 Å². The normalized spacial score (nSPS) is 18.1. The van der Waals surface area contributed by atoms with Gasteiger partial charge in [0.2, 0.25) is 11.8 Å². The summed E-state index contributed by atoms with van der Waals surface area (Å²) in [6, 6.07) is 0. The van der Waals surface area contributed by atoms with Crippen LogP contribution in [-0.2, 0) is 19.1 Å². The summed E-state index contributed by atoms with van der Waals surface area (Å²) in [5.74, 6) is -1.83. The Morgan fingerprint density at radius 2 is 2.09 bits per heavy atom. The Balaban J connectivity index is 2.36. The summed E-state index contributed by atoms with van der Waals surface area (Å²) >= 11 is 0. The number of carbonyl (C=O) groups is 3. The third-order valence-corrected chi connectivity index (χ3v) is 3.79. The molecule has 0 radical (unpaired) electrons. The van der Waals surface area contributed by atoms with Crippen LogP contribution in [-0.4, -0.2) is 72.6 Å². The summed E-state index contributed by atoms with van der Waals surface area (Å²) in [7, 11) is 1.56. The molecular weight excluding hydrogens is 288 g/mol. The number of nitrogens with zero attached hydrogens (tertiary/aromatic N) is 2. The molecule has 2 amide bonds. The van der Waals surface area contributed by atoms with E-state index in [9.17, 15) is 14.4 Å². The number of amides is 2. The Morgan fingerprint density at radius 3 is 2.73 bits per heavy atom. The zero-order valence-corrected chi connectivity index (χ0v) is 13.4. The zero-order chi connectivity index (χ0) is 16.5. The minimum absolute atomic E-state index is 0.0263.